The van der Waals surface area contributed by atoms with Crippen LogP contribution in [0.1, 0.15) is 11.3 Å². The molecule has 13 nitrogen and oxygen atoms in total. The minimum Gasteiger partial charge on any atom is -0.361 e. The van der Waals surface area contributed by atoms with Crippen LogP contribution in [0.15, 0.2) is 140 Å². The number of hydrazine groups is 3. The molecule has 13 heteroatoms. The second kappa shape index (κ2) is 11.1. The van der Waals surface area contributed by atoms with Gasteiger partial charge in [0, 0.05) is 66.4 Å². The van der Waals surface area contributed by atoms with Crippen molar-refractivity contribution < 1.29 is 4.79 Å². The van der Waals surface area contributed by atoms with Crippen molar-refractivity contribution in [2.45, 2.75) is 11.7 Å². The highest BCUT2D eigenvalue weighted by molar-refractivity contribution is 6.27. The number of aromatic nitrogens is 7. The topological polar surface area (TPSA) is 138 Å². The number of H-pyrrole nitrogens is 2. The van der Waals surface area contributed by atoms with Crippen molar-refractivity contribution in [3.8, 4) is 0 Å². The third-order valence-corrected chi connectivity index (χ3v) is 7.82. The van der Waals surface area contributed by atoms with Gasteiger partial charge in [-0.2, -0.15) is 0 Å². The molecule has 46 heavy (non-hydrogen) atoms. The van der Waals surface area contributed by atoms with Gasteiger partial charge in [-0.05, 0) is 48.5 Å². The molecule has 6 aromatic rings. The fourth-order valence-electron chi connectivity index (χ4n) is 6.02. The Balaban J connectivity index is 1.51. The number of dihydropyridines is 1. The Bertz CT molecular complexity index is 1990. The van der Waals surface area contributed by atoms with Crippen molar-refractivity contribution in [2.75, 3.05) is 20.3 Å². The van der Waals surface area contributed by atoms with Crippen LogP contribution in [0.5, 0.6) is 0 Å². The number of anilines is 4. The molecule has 1 fully saturated rings. The van der Waals surface area contributed by atoms with Gasteiger partial charge in [0.1, 0.15) is 5.82 Å². The zero-order chi connectivity index (χ0) is 30.9. The summed E-state index contributed by atoms with van der Waals surface area (Å²) >= 11 is 0. The third-order valence-electron chi connectivity index (χ3n) is 7.82. The number of allylic oxidation sites excluding steroid dienone is 1. The lowest BCUT2D eigenvalue weighted by molar-refractivity contribution is -0.116. The molecule has 1 saturated heterocycles. The van der Waals surface area contributed by atoms with Crippen molar-refractivity contribution in [1.82, 2.24) is 34.9 Å². The average molecular weight is 607 g/mol. The van der Waals surface area contributed by atoms with E-state index in [9.17, 15) is 4.79 Å². The summed E-state index contributed by atoms with van der Waals surface area (Å²) in [6.45, 7) is 0. The summed E-state index contributed by atoms with van der Waals surface area (Å²) in [6.07, 6.45) is 16.9. The van der Waals surface area contributed by atoms with Crippen LogP contribution >= 0.6 is 0 Å². The molecule has 0 bridgehead atoms. The minimum atomic E-state index is -1.47. The van der Waals surface area contributed by atoms with Crippen LogP contribution in [0, 0.1) is 0 Å². The minimum absolute atomic E-state index is 0.212. The predicted octanol–water partition coefficient (Wildman–Crippen LogP) is 4.36. The first-order valence-corrected chi connectivity index (χ1v) is 14.5. The highest BCUT2D eigenvalue weighted by Gasteiger charge is 2.66. The number of aliphatic imine (C=N–C) groups is 1. The van der Waals surface area contributed by atoms with Crippen molar-refractivity contribution in [2.24, 2.45) is 4.99 Å². The van der Waals surface area contributed by atoms with Crippen LogP contribution in [0.4, 0.5) is 23.4 Å². The molecule has 0 saturated carbocycles. The molecule has 7 heterocycles. The molecular weight excluding hydrogens is 580 g/mol. The van der Waals surface area contributed by atoms with Gasteiger partial charge in [-0.1, -0.05) is 36.4 Å². The van der Waals surface area contributed by atoms with Crippen LogP contribution in [0.2, 0.25) is 0 Å². The second-order valence-electron chi connectivity index (χ2n) is 10.4. The first-order valence-electron chi connectivity index (χ1n) is 14.5. The van der Waals surface area contributed by atoms with Gasteiger partial charge >= 0.3 is 0 Å². The number of pyridine rings is 1. The van der Waals surface area contributed by atoms with Crippen LogP contribution in [0.25, 0.3) is 5.57 Å². The Hall–Kier alpha value is -6.63. The summed E-state index contributed by atoms with van der Waals surface area (Å²) in [7, 11) is 0. The fraction of sp³-hybridized carbons (Fsp3) is 0.0606. The second-order valence-corrected chi connectivity index (χ2v) is 10.4. The molecular formula is C33H26N12O. The average Bonchev–Trinajstić information content (AvgIpc) is 3.91. The maximum Gasteiger partial charge on any atom is 0.266 e. The highest BCUT2D eigenvalue weighted by Crippen LogP contribution is 2.52. The van der Waals surface area contributed by atoms with Gasteiger partial charge in [0.15, 0.2) is 23.5 Å². The van der Waals surface area contributed by atoms with E-state index in [4.69, 9.17) is 24.9 Å². The molecule has 2 unspecified atom stereocenters. The lowest BCUT2D eigenvalue weighted by Gasteiger charge is -2.45. The molecule has 2 atom stereocenters. The molecule has 1 aromatic carbocycles. The monoisotopic (exact) mass is 606 g/mol. The van der Waals surface area contributed by atoms with E-state index in [1.165, 1.54) is 0 Å². The van der Waals surface area contributed by atoms with Crippen molar-refractivity contribution in [1.29, 1.82) is 0 Å². The zero-order valence-electron chi connectivity index (χ0n) is 24.2. The maximum atomic E-state index is 15.0. The standard InChI is InChI=1S/C33H26N12O/c46-30-25(26-11-6-16-35-26)14-20-39-31(30)33(24-9-2-1-3-10-24)42(27-13-7-17-36-27)45(32-40-18-8-19-41-32)44(28-12-4-5-15-37-28)43(33)29-23-34-21-22-38-29/h1-23,31,35-36H. The van der Waals surface area contributed by atoms with E-state index in [1.807, 2.05) is 94.1 Å². The smallest absolute Gasteiger partial charge is 0.266 e. The van der Waals surface area contributed by atoms with E-state index in [-0.39, 0.29) is 5.78 Å². The van der Waals surface area contributed by atoms with E-state index < -0.39 is 11.7 Å². The summed E-state index contributed by atoms with van der Waals surface area (Å²) in [4.78, 5) is 49.9. The van der Waals surface area contributed by atoms with Gasteiger partial charge in [0.25, 0.3) is 5.95 Å². The van der Waals surface area contributed by atoms with Gasteiger partial charge in [0.05, 0.1) is 6.20 Å². The number of ketones is 1. The van der Waals surface area contributed by atoms with Gasteiger partial charge in [0.2, 0.25) is 5.66 Å². The van der Waals surface area contributed by atoms with E-state index in [0.717, 1.165) is 5.56 Å². The molecule has 2 aliphatic heterocycles. The number of carbonyl (C=O) groups excluding carboxylic acids is 1. The normalized spacial score (nSPS) is 19.5. The summed E-state index contributed by atoms with van der Waals surface area (Å²) in [5.74, 6) is 1.65. The van der Waals surface area contributed by atoms with Crippen LogP contribution < -0.4 is 20.3 Å². The Kier molecular flexibility index (Phi) is 6.53. The summed E-state index contributed by atoms with van der Waals surface area (Å²) in [5.41, 5.74) is 0.436. The Morgan fingerprint density at radius 2 is 1.46 bits per heavy atom. The van der Waals surface area contributed by atoms with Gasteiger partial charge in [-0.25, -0.2) is 30.0 Å². The molecule has 224 valence electrons. The number of rotatable bonds is 7. The lowest BCUT2D eigenvalue weighted by Crippen LogP contribution is -2.63. The zero-order valence-corrected chi connectivity index (χ0v) is 24.2. The summed E-state index contributed by atoms with van der Waals surface area (Å²) in [6, 6.07) is 23.6. The molecule has 0 radical (unpaired) electrons. The largest absolute Gasteiger partial charge is 0.361 e. The van der Waals surface area contributed by atoms with Crippen LogP contribution in [-0.2, 0) is 10.5 Å². The number of benzene rings is 1. The fourth-order valence-corrected chi connectivity index (χ4v) is 6.02. The Morgan fingerprint density at radius 1 is 0.674 bits per heavy atom. The summed E-state index contributed by atoms with van der Waals surface area (Å²) < 4.78 is 0. The van der Waals surface area contributed by atoms with Gasteiger partial charge in [-0.3, -0.25) is 14.8 Å². The molecule has 0 spiro atoms. The van der Waals surface area contributed by atoms with E-state index in [1.54, 1.807) is 66.9 Å². The van der Waals surface area contributed by atoms with E-state index >= 15 is 0 Å². The number of hydrogen-bond donors (Lipinski definition) is 2. The number of nitrogens with zero attached hydrogens (tertiary/aromatic N) is 10. The molecule has 0 aliphatic carbocycles. The third kappa shape index (κ3) is 4.13. The first kappa shape index (κ1) is 27.0. The number of aromatic amines is 2. The quantitative estimate of drug-likeness (QED) is 0.270. The molecule has 2 aliphatic rings. The number of Topliss-reactive ketones (excluding diaryl/α,β-unsaturated/α-hetero) is 1. The van der Waals surface area contributed by atoms with Crippen molar-refractivity contribution in [3.05, 3.63) is 146 Å². The predicted molar refractivity (Wildman–Crippen MR) is 173 cm³/mol. The van der Waals surface area contributed by atoms with Gasteiger partial charge in [-0.15, -0.1) is 10.2 Å². The van der Waals surface area contributed by atoms with Gasteiger partial charge < -0.3 is 9.97 Å². The lowest BCUT2D eigenvalue weighted by atomic mass is 9.83. The Morgan fingerprint density at radius 3 is 2.17 bits per heavy atom. The van der Waals surface area contributed by atoms with E-state index in [2.05, 4.69) is 15.0 Å². The molecule has 5 aromatic heterocycles. The van der Waals surface area contributed by atoms with Crippen LogP contribution in [-0.4, -0.2) is 52.9 Å². The number of hydrogen-bond acceptors (Lipinski definition) is 11. The Labute approximate surface area is 263 Å². The molecule has 0 amide bonds. The molecule has 2 N–H and O–H groups in total. The SMILES string of the molecule is O=C1C(c2ccc[nH]2)=CC=NC1C1(c2ccccc2)N(c2cnccn2)N(c2ccccn2)N(c2ncccn2)N1c1ccc[nH]1. The first-order chi connectivity index (χ1) is 22.8. The number of carbonyl (C=O) groups is 1. The highest BCUT2D eigenvalue weighted by atomic mass is 16.1. The van der Waals surface area contributed by atoms with Crippen molar-refractivity contribution in [3.63, 3.8) is 0 Å². The van der Waals surface area contributed by atoms with Crippen LogP contribution in [0.3, 0.4) is 0 Å². The maximum absolute atomic E-state index is 15.0. The molecule has 8 rings (SSSR count). The van der Waals surface area contributed by atoms with E-state index in [0.29, 0.717) is 34.7 Å². The number of nitrogens with one attached hydrogen (secondary N) is 2. The van der Waals surface area contributed by atoms with Crippen molar-refractivity contribution >= 4 is 41.0 Å². The summed E-state index contributed by atoms with van der Waals surface area (Å²) in [5, 5.41) is 7.43.